The van der Waals surface area contributed by atoms with Crippen molar-refractivity contribution in [2.75, 3.05) is 0 Å². The number of aliphatic hydroxyl groups is 1. The minimum atomic E-state index is -0.919. The van der Waals surface area contributed by atoms with Crippen LogP contribution in [0.25, 0.3) is 0 Å². The molecular weight excluding hydrogens is 330 g/mol. The molecule has 0 saturated heterocycles. The van der Waals surface area contributed by atoms with Crippen molar-refractivity contribution < 1.29 is 14.4 Å². The Morgan fingerprint density at radius 2 is 2.17 bits per heavy atom. The average molecular weight is 350 g/mol. The lowest BCUT2D eigenvalue weighted by molar-refractivity contribution is -0.120. The van der Waals surface area contributed by atoms with Crippen LogP contribution in [0.3, 0.4) is 0 Å². The molecule has 1 aromatic heterocycles. The number of aromatic nitrogens is 2. The summed E-state index contributed by atoms with van der Waals surface area (Å²) >= 11 is 5.99. The van der Waals surface area contributed by atoms with Gasteiger partial charge in [-0.25, -0.2) is 0 Å². The highest BCUT2D eigenvalue weighted by molar-refractivity contribution is 6.30. The fraction of sp³-hybridized carbons (Fsp3) is 0.471. The Hall–Kier alpha value is -1.92. The molecule has 0 radical (unpaired) electrons. The van der Waals surface area contributed by atoms with Gasteiger partial charge in [-0.3, -0.25) is 4.79 Å². The van der Waals surface area contributed by atoms with Crippen molar-refractivity contribution in [3.8, 4) is 0 Å². The van der Waals surface area contributed by atoms with E-state index in [0.717, 1.165) is 5.56 Å². The van der Waals surface area contributed by atoms with Crippen molar-refractivity contribution in [3.05, 3.63) is 46.6 Å². The van der Waals surface area contributed by atoms with Crippen LogP contribution in [0.15, 0.2) is 28.8 Å². The topological polar surface area (TPSA) is 88.2 Å². The number of nitrogens with zero attached hydrogens (tertiary/aromatic N) is 2. The van der Waals surface area contributed by atoms with Gasteiger partial charge in [0.1, 0.15) is 0 Å². The number of carbonyl (C=O) groups is 1. The van der Waals surface area contributed by atoms with Crippen molar-refractivity contribution in [1.82, 2.24) is 15.5 Å². The molecule has 6 nitrogen and oxygen atoms in total. The zero-order valence-corrected chi connectivity index (χ0v) is 14.6. The first-order valence-electron chi connectivity index (χ1n) is 7.81. The maximum Gasteiger partial charge on any atom is 0.230 e. The molecule has 2 N–H and O–H groups in total. The van der Waals surface area contributed by atoms with E-state index in [-0.39, 0.29) is 11.8 Å². The van der Waals surface area contributed by atoms with Crippen molar-refractivity contribution in [3.63, 3.8) is 0 Å². The number of hydrogen-bond acceptors (Lipinski definition) is 5. The molecule has 0 unspecified atom stereocenters. The van der Waals surface area contributed by atoms with Gasteiger partial charge in [0.25, 0.3) is 0 Å². The molecule has 1 heterocycles. The van der Waals surface area contributed by atoms with Gasteiger partial charge in [0.15, 0.2) is 5.82 Å². The lowest BCUT2D eigenvalue weighted by Crippen LogP contribution is -2.41. The van der Waals surface area contributed by atoms with Gasteiger partial charge in [-0.2, -0.15) is 4.98 Å². The Balaban J connectivity index is 1.72. The van der Waals surface area contributed by atoms with Gasteiger partial charge in [-0.05, 0) is 44.4 Å². The smallest absolute Gasteiger partial charge is 0.230 e. The predicted octanol–water partition coefficient (Wildman–Crippen LogP) is 2.86. The molecule has 1 aliphatic carbocycles. The molecule has 1 fully saturated rings. The van der Waals surface area contributed by atoms with E-state index in [1.807, 2.05) is 26.0 Å². The summed E-state index contributed by atoms with van der Waals surface area (Å²) in [4.78, 5) is 15.7. The SMILES string of the molecule is CC(=O)NC(C)(C)c1noc(C2CC(O)(c3cccc(Cl)c3)C2)n1. The molecule has 0 bridgehead atoms. The zero-order valence-electron chi connectivity index (χ0n) is 13.8. The first-order valence-corrected chi connectivity index (χ1v) is 8.19. The quantitative estimate of drug-likeness (QED) is 0.886. The van der Waals surface area contributed by atoms with Gasteiger partial charge in [0.2, 0.25) is 11.8 Å². The second kappa shape index (κ2) is 5.86. The Bertz CT molecular complexity index is 766. The Kier molecular flexibility index (Phi) is 4.13. The van der Waals surface area contributed by atoms with E-state index in [1.165, 1.54) is 6.92 Å². The molecule has 1 aliphatic rings. The number of benzene rings is 1. The van der Waals surface area contributed by atoms with E-state index in [9.17, 15) is 9.90 Å². The number of nitrogens with one attached hydrogen (secondary N) is 1. The summed E-state index contributed by atoms with van der Waals surface area (Å²) in [5.74, 6) is 0.731. The average Bonchev–Trinajstić information content (AvgIpc) is 2.92. The van der Waals surface area contributed by atoms with Gasteiger partial charge in [-0.1, -0.05) is 28.9 Å². The monoisotopic (exact) mass is 349 g/mol. The standard InChI is InChI=1S/C17H20ClN3O3/c1-10(22)20-16(2,3)15-19-14(24-21-15)11-8-17(23,9-11)12-5-4-6-13(18)7-12/h4-7,11,23H,8-9H2,1-3H3,(H,20,22). The fourth-order valence-electron chi connectivity index (χ4n) is 3.09. The summed E-state index contributed by atoms with van der Waals surface area (Å²) in [6.45, 7) is 5.07. The summed E-state index contributed by atoms with van der Waals surface area (Å²) in [7, 11) is 0. The minimum Gasteiger partial charge on any atom is -0.385 e. The highest BCUT2D eigenvalue weighted by Crippen LogP contribution is 2.50. The van der Waals surface area contributed by atoms with E-state index in [2.05, 4.69) is 15.5 Å². The van der Waals surface area contributed by atoms with Crippen molar-refractivity contribution >= 4 is 17.5 Å². The van der Waals surface area contributed by atoms with Gasteiger partial charge in [0.05, 0.1) is 11.1 Å². The van der Waals surface area contributed by atoms with Crippen LogP contribution in [0.4, 0.5) is 0 Å². The number of carbonyl (C=O) groups excluding carboxylic acids is 1. The summed E-state index contributed by atoms with van der Waals surface area (Å²) in [6.07, 6.45) is 0.991. The third kappa shape index (κ3) is 3.16. The van der Waals surface area contributed by atoms with E-state index < -0.39 is 11.1 Å². The lowest BCUT2D eigenvalue weighted by Gasteiger charge is -2.42. The first kappa shape index (κ1) is 16.9. The third-order valence-electron chi connectivity index (χ3n) is 4.37. The van der Waals surface area contributed by atoms with Crippen LogP contribution in [-0.2, 0) is 15.9 Å². The Morgan fingerprint density at radius 1 is 1.46 bits per heavy atom. The molecule has 1 amide bonds. The highest BCUT2D eigenvalue weighted by atomic mass is 35.5. The number of halogens is 1. The largest absolute Gasteiger partial charge is 0.385 e. The van der Waals surface area contributed by atoms with Crippen LogP contribution >= 0.6 is 11.6 Å². The maximum absolute atomic E-state index is 11.3. The first-order chi connectivity index (χ1) is 11.2. The highest BCUT2D eigenvalue weighted by Gasteiger charge is 2.47. The molecule has 0 aliphatic heterocycles. The molecular formula is C17H20ClN3O3. The van der Waals surface area contributed by atoms with Crippen LogP contribution < -0.4 is 5.32 Å². The van der Waals surface area contributed by atoms with Crippen LogP contribution in [0, 0.1) is 0 Å². The van der Waals surface area contributed by atoms with Crippen molar-refractivity contribution in [2.45, 2.75) is 50.7 Å². The zero-order chi connectivity index (χ0) is 17.5. The molecule has 0 spiro atoms. The summed E-state index contributed by atoms with van der Waals surface area (Å²) in [5, 5.41) is 18.1. The van der Waals surface area contributed by atoms with Crippen LogP contribution in [0.2, 0.25) is 5.02 Å². The molecule has 2 aromatic rings. The number of rotatable bonds is 4. The van der Waals surface area contributed by atoms with Crippen molar-refractivity contribution in [1.29, 1.82) is 0 Å². The molecule has 3 rings (SSSR count). The fourth-order valence-corrected chi connectivity index (χ4v) is 3.28. The van der Waals surface area contributed by atoms with Crippen molar-refractivity contribution in [2.24, 2.45) is 0 Å². The van der Waals surface area contributed by atoms with Gasteiger partial charge < -0.3 is 14.9 Å². The minimum absolute atomic E-state index is 0.0108. The summed E-state index contributed by atoms with van der Waals surface area (Å²) in [6, 6.07) is 7.24. The van der Waals surface area contributed by atoms with Crippen LogP contribution in [0.5, 0.6) is 0 Å². The molecule has 128 valence electrons. The second-order valence-electron chi connectivity index (χ2n) is 6.91. The molecule has 0 atom stereocenters. The third-order valence-corrected chi connectivity index (χ3v) is 4.60. The number of amides is 1. The molecule has 1 saturated carbocycles. The van der Waals surface area contributed by atoms with Crippen LogP contribution in [-0.4, -0.2) is 21.2 Å². The van der Waals surface area contributed by atoms with Gasteiger partial charge in [-0.15, -0.1) is 0 Å². The van der Waals surface area contributed by atoms with E-state index in [1.54, 1.807) is 12.1 Å². The Morgan fingerprint density at radius 3 is 2.79 bits per heavy atom. The maximum atomic E-state index is 11.3. The second-order valence-corrected chi connectivity index (χ2v) is 7.35. The summed E-state index contributed by atoms with van der Waals surface area (Å²) < 4.78 is 5.34. The van der Waals surface area contributed by atoms with Crippen LogP contribution in [0.1, 0.15) is 56.8 Å². The van der Waals surface area contributed by atoms with E-state index in [0.29, 0.717) is 29.6 Å². The van der Waals surface area contributed by atoms with E-state index in [4.69, 9.17) is 16.1 Å². The normalized spacial score (nSPS) is 23.6. The summed E-state index contributed by atoms with van der Waals surface area (Å²) in [5.41, 5.74) is -0.831. The number of hydrogen-bond donors (Lipinski definition) is 2. The van der Waals surface area contributed by atoms with Gasteiger partial charge >= 0.3 is 0 Å². The lowest BCUT2D eigenvalue weighted by atomic mass is 9.67. The predicted molar refractivity (Wildman–Crippen MR) is 88.5 cm³/mol. The molecule has 24 heavy (non-hydrogen) atoms. The molecule has 7 heteroatoms. The van der Waals surface area contributed by atoms with E-state index >= 15 is 0 Å². The van der Waals surface area contributed by atoms with Gasteiger partial charge in [0, 0.05) is 17.9 Å². The molecule has 1 aromatic carbocycles. The Labute approximate surface area is 145 Å².